The summed E-state index contributed by atoms with van der Waals surface area (Å²) in [6, 6.07) is 14.8. The standard InChI is InChI=1S/C20H21B2/c1-6-17-12-13-18(7-2)19(14-17)16(4)22(21-5)20-11-9-8-10-15(20)3/h6-14H,1-2,4H2,3,5H3. The van der Waals surface area contributed by atoms with Crippen LogP contribution in [0.3, 0.4) is 0 Å². The molecular weight excluding hydrogens is 262 g/mol. The maximum atomic E-state index is 4.38. The van der Waals surface area contributed by atoms with Gasteiger partial charge in [0.1, 0.15) is 0 Å². The zero-order valence-corrected chi connectivity index (χ0v) is 13.5. The Hall–Kier alpha value is -2.21. The molecule has 0 fully saturated rings. The first-order valence-electron chi connectivity index (χ1n) is 7.55. The molecule has 0 unspecified atom stereocenters. The first kappa shape index (κ1) is 16.2. The summed E-state index contributed by atoms with van der Waals surface area (Å²) in [4.78, 5) is 0. The summed E-state index contributed by atoms with van der Waals surface area (Å²) in [7, 11) is 2.21. The van der Waals surface area contributed by atoms with Gasteiger partial charge in [-0.1, -0.05) is 85.0 Å². The quantitative estimate of drug-likeness (QED) is 0.685. The van der Waals surface area contributed by atoms with Crippen molar-refractivity contribution >= 4 is 36.9 Å². The van der Waals surface area contributed by atoms with Gasteiger partial charge in [-0.15, -0.1) is 6.58 Å². The highest BCUT2D eigenvalue weighted by atomic mass is 14.1. The summed E-state index contributed by atoms with van der Waals surface area (Å²) in [5.41, 5.74) is 7.02. The fraction of sp³-hybridized carbons (Fsp3) is 0.100. The smallest absolute Gasteiger partial charge is 0.104 e. The predicted molar refractivity (Wildman–Crippen MR) is 104 cm³/mol. The highest BCUT2D eigenvalue weighted by molar-refractivity contribution is 7.27. The van der Waals surface area contributed by atoms with Crippen LogP contribution in [0, 0.1) is 6.92 Å². The van der Waals surface area contributed by atoms with Crippen molar-refractivity contribution in [2.24, 2.45) is 0 Å². The molecule has 2 aromatic rings. The highest BCUT2D eigenvalue weighted by Crippen LogP contribution is 2.23. The van der Waals surface area contributed by atoms with Gasteiger partial charge in [0, 0.05) is 0 Å². The van der Waals surface area contributed by atoms with E-state index in [9.17, 15) is 0 Å². The summed E-state index contributed by atoms with van der Waals surface area (Å²) in [5.74, 6) is 0. The van der Waals surface area contributed by atoms with E-state index in [2.05, 4.69) is 83.1 Å². The van der Waals surface area contributed by atoms with Gasteiger partial charge in [0.05, 0.1) is 7.17 Å². The lowest BCUT2D eigenvalue weighted by Gasteiger charge is -2.20. The molecule has 2 aromatic carbocycles. The Morgan fingerprint density at radius 3 is 2.41 bits per heavy atom. The van der Waals surface area contributed by atoms with Crippen LogP contribution in [0.15, 0.2) is 62.2 Å². The van der Waals surface area contributed by atoms with Gasteiger partial charge in [-0.05, 0) is 29.7 Å². The van der Waals surface area contributed by atoms with Gasteiger partial charge in [0.15, 0.2) is 6.60 Å². The zero-order valence-electron chi connectivity index (χ0n) is 13.5. The van der Waals surface area contributed by atoms with Crippen molar-refractivity contribution < 1.29 is 0 Å². The first-order valence-corrected chi connectivity index (χ1v) is 7.55. The van der Waals surface area contributed by atoms with Gasteiger partial charge >= 0.3 is 0 Å². The molecule has 0 saturated heterocycles. The second kappa shape index (κ2) is 7.17. The lowest BCUT2D eigenvalue weighted by atomic mass is 9.16. The summed E-state index contributed by atoms with van der Waals surface area (Å²) in [6.45, 7) is 16.6. The normalized spacial score (nSPS) is 9.91. The molecule has 2 heteroatoms. The Morgan fingerprint density at radius 1 is 1.09 bits per heavy atom. The molecule has 22 heavy (non-hydrogen) atoms. The summed E-state index contributed by atoms with van der Waals surface area (Å²) >= 11 is 0. The molecule has 0 aliphatic carbocycles. The molecule has 0 aliphatic heterocycles. The van der Waals surface area contributed by atoms with Gasteiger partial charge in [-0.2, -0.15) is 0 Å². The largest absolute Gasteiger partial charge is 0.170 e. The van der Waals surface area contributed by atoms with Crippen LogP contribution in [0.2, 0.25) is 6.82 Å². The van der Waals surface area contributed by atoms with Crippen LogP contribution < -0.4 is 5.46 Å². The molecule has 0 aromatic heterocycles. The average Bonchev–Trinajstić information content (AvgIpc) is 2.56. The zero-order chi connectivity index (χ0) is 16.1. The molecule has 0 amide bonds. The minimum atomic E-state index is 0.194. The predicted octanol–water partition coefficient (Wildman–Crippen LogP) is 4.48. The molecule has 0 N–H and O–H groups in total. The van der Waals surface area contributed by atoms with Crippen molar-refractivity contribution in [3.8, 4) is 0 Å². The van der Waals surface area contributed by atoms with Gasteiger partial charge in [-0.3, -0.25) is 0 Å². The van der Waals surface area contributed by atoms with Crippen molar-refractivity contribution in [1.82, 2.24) is 0 Å². The molecule has 107 valence electrons. The number of hydrogen-bond donors (Lipinski definition) is 0. The Morgan fingerprint density at radius 2 is 1.82 bits per heavy atom. The third-order valence-electron chi connectivity index (χ3n) is 4.11. The topological polar surface area (TPSA) is 0 Å². The van der Waals surface area contributed by atoms with Crippen LogP contribution >= 0.6 is 0 Å². The SMILES string of the molecule is C=Cc1ccc(C=C)c(C(=C)B([B]C)c2ccccc2C)c1. The third-order valence-corrected chi connectivity index (χ3v) is 4.11. The molecule has 0 atom stereocenters. The van der Waals surface area contributed by atoms with E-state index in [0.717, 1.165) is 22.2 Å². The summed E-state index contributed by atoms with van der Waals surface area (Å²) in [6.07, 6.45) is 3.75. The van der Waals surface area contributed by atoms with Crippen LogP contribution in [0.1, 0.15) is 22.3 Å². The molecule has 0 heterocycles. The number of rotatable bonds is 6. The van der Waals surface area contributed by atoms with Gasteiger partial charge < -0.3 is 0 Å². The van der Waals surface area contributed by atoms with Crippen LogP contribution in [0.4, 0.5) is 0 Å². The molecule has 0 aliphatic rings. The van der Waals surface area contributed by atoms with Crippen molar-refractivity contribution in [3.63, 3.8) is 0 Å². The Kier molecular flexibility index (Phi) is 5.27. The number of aryl methyl sites for hydroxylation is 1. The van der Waals surface area contributed by atoms with Crippen LogP contribution in [-0.4, -0.2) is 13.8 Å². The van der Waals surface area contributed by atoms with E-state index in [4.69, 9.17) is 0 Å². The van der Waals surface area contributed by atoms with Gasteiger partial charge in [0.25, 0.3) is 0 Å². The van der Waals surface area contributed by atoms with Crippen molar-refractivity contribution in [3.05, 3.63) is 84.5 Å². The maximum absolute atomic E-state index is 4.38. The molecule has 2 rings (SSSR count). The number of benzene rings is 2. The van der Waals surface area contributed by atoms with Gasteiger partial charge in [0.2, 0.25) is 0 Å². The Bertz CT molecular complexity index is 713. The maximum Gasteiger partial charge on any atom is 0.170 e. The molecule has 0 saturated carbocycles. The second-order valence-electron chi connectivity index (χ2n) is 5.45. The Balaban J connectivity index is 2.51. The van der Waals surface area contributed by atoms with E-state index in [-0.39, 0.29) is 6.60 Å². The van der Waals surface area contributed by atoms with E-state index in [1.807, 2.05) is 12.2 Å². The van der Waals surface area contributed by atoms with Gasteiger partial charge in [-0.25, -0.2) is 0 Å². The molecular formula is C20H21B2. The molecule has 0 spiro atoms. The van der Waals surface area contributed by atoms with E-state index >= 15 is 0 Å². The number of hydrogen-bond acceptors (Lipinski definition) is 0. The van der Waals surface area contributed by atoms with E-state index < -0.39 is 0 Å². The Labute approximate surface area is 135 Å². The summed E-state index contributed by atoms with van der Waals surface area (Å²) in [5, 5.41) is 0. The van der Waals surface area contributed by atoms with Crippen molar-refractivity contribution in [2.75, 3.05) is 0 Å². The minimum Gasteiger partial charge on any atom is -0.104 e. The van der Waals surface area contributed by atoms with Crippen LogP contribution in [-0.2, 0) is 0 Å². The second-order valence-corrected chi connectivity index (χ2v) is 5.45. The molecule has 0 nitrogen and oxygen atoms in total. The van der Waals surface area contributed by atoms with Crippen molar-refractivity contribution in [1.29, 1.82) is 0 Å². The highest BCUT2D eigenvalue weighted by Gasteiger charge is 2.22. The lowest BCUT2D eigenvalue weighted by molar-refractivity contribution is 1.51. The lowest BCUT2D eigenvalue weighted by Crippen LogP contribution is -2.38. The fourth-order valence-electron chi connectivity index (χ4n) is 2.83. The fourth-order valence-corrected chi connectivity index (χ4v) is 2.83. The van der Waals surface area contributed by atoms with Crippen LogP contribution in [0.25, 0.3) is 17.6 Å². The van der Waals surface area contributed by atoms with E-state index in [1.54, 1.807) is 0 Å². The minimum absolute atomic E-state index is 0.194. The average molecular weight is 283 g/mol. The van der Waals surface area contributed by atoms with E-state index in [0.29, 0.717) is 0 Å². The monoisotopic (exact) mass is 283 g/mol. The summed E-state index contributed by atoms with van der Waals surface area (Å²) < 4.78 is 0. The first-order chi connectivity index (χ1) is 10.6. The van der Waals surface area contributed by atoms with E-state index in [1.165, 1.54) is 11.0 Å². The van der Waals surface area contributed by atoms with Crippen LogP contribution in [0.5, 0.6) is 0 Å². The molecule has 1 radical (unpaired) electrons. The van der Waals surface area contributed by atoms with Crippen molar-refractivity contribution in [2.45, 2.75) is 13.7 Å². The molecule has 0 bridgehead atoms. The third kappa shape index (κ3) is 3.17.